The average Bonchev–Trinajstić information content (AvgIpc) is 2.40. The van der Waals surface area contributed by atoms with E-state index in [9.17, 15) is 0 Å². The van der Waals surface area contributed by atoms with Crippen LogP contribution in [0.2, 0.25) is 0 Å². The number of rotatable bonds is 1. The molecule has 92 valence electrons. The Hall–Kier alpha value is -1.91. The molecule has 1 aliphatic heterocycles. The number of hydrogen-bond acceptors (Lipinski definition) is 4. The molecule has 5 heteroatoms. The zero-order chi connectivity index (χ0) is 12.7. The van der Waals surface area contributed by atoms with Crippen LogP contribution in [-0.2, 0) is 0 Å². The Morgan fingerprint density at radius 3 is 3.00 bits per heavy atom. The molecule has 1 aromatic heterocycles. The lowest BCUT2D eigenvalue weighted by Crippen LogP contribution is -2.31. The first-order valence-electron chi connectivity index (χ1n) is 6.03. The fourth-order valence-electron chi connectivity index (χ4n) is 2.34. The lowest BCUT2D eigenvalue weighted by molar-refractivity contribution is 0.313. The number of pyridine rings is 1. The first-order valence-corrected chi connectivity index (χ1v) is 6.03. The summed E-state index contributed by atoms with van der Waals surface area (Å²) in [5.41, 5.74) is 1.02. The fourth-order valence-corrected chi connectivity index (χ4v) is 2.34. The highest BCUT2D eigenvalue weighted by Crippen LogP contribution is 2.36. The van der Waals surface area contributed by atoms with Gasteiger partial charge >= 0.3 is 0 Å². The molecule has 0 unspecified atom stereocenters. The topological polar surface area (TPSA) is 34.6 Å². The van der Waals surface area contributed by atoms with E-state index in [4.69, 9.17) is 9.47 Å². The van der Waals surface area contributed by atoms with Gasteiger partial charge in [-0.3, -0.25) is 0 Å². The van der Waals surface area contributed by atoms with Gasteiger partial charge in [0.2, 0.25) is 0 Å². The second-order valence-electron chi connectivity index (χ2n) is 4.53. The van der Waals surface area contributed by atoms with E-state index in [1.54, 1.807) is 7.11 Å². The molecule has 4 nitrogen and oxygen atoms in total. The zero-order valence-corrected chi connectivity index (χ0v) is 10.9. The summed E-state index contributed by atoms with van der Waals surface area (Å²) in [6.45, 7) is 1.56. The van der Waals surface area contributed by atoms with Crippen LogP contribution in [0, 0.1) is 0 Å². The highest BCUT2D eigenvalue weighted by molar-refractivity contribution is 6.37. The van der Waals surface area contributed by atoms with Gasteiger partial charge in [-0.15, -0.1) is 0 Å². The summed E-state index contributed by atoms with van der Waals surface area (Å²) in [4.78, 5) is 6.77. The maximum atomic E-state index is 5.80. The van der Waals surface area contributed by atoms with E-state index >= 15 is 0 Å². The zero-order valence-electron chi connectivity index (χ0n) is 10.9. The SMILES string of the molecule is Bc1nc2c(c3cc(OC)ccc13)OCCN2C. The number of likely N-dealkylation sites (N-methyl/N-ethyl adjacent to an activating group) is 1. The number of hydrogen-bond donors (Lipinski definition) is 0. The molecule has 0 saturated carbocycles. The highest BCUT2D eigenvalue weighted by atomic mass is 16.5. The standard InChI is InChI=1S/C13H15BN2O2/c1-16-5-6-18-11-10-7-8(17-2)3-4-9(10)12(14)15-13(11)16/h3-4,7H,5-6,14H2,1-2H3. The predicted molar refractivity (Wildman–Crippen MR) is 75.2 cm³/mol. The lowest BCUT2D eigenvalue weighted by atomic mass is 9.95. The summed E-state index contributed by atoms with van der Waals surface area (Å²) in [5, 5.41) is 2.19. The van der Waals surface area contributed by atoms with Gasteiger partial charge < -0.3 is 14.4 Å². The third-order valence-electron chi connectivity index (χ3n) is 3.37. The van der Waals surface area contributed by atoms with Gasteiger partial charge in [0.1, 0.15) is 12.4 Å². The number of fused-ring (bicyclic) bond motifs is 3. The summed E-state index contributed by atoms with van der Waals surface area (Å²) >= 11 is 0. The number of ether oxygens (including phenoxy) is 2. The normalized spacial score (nSPS) is 14.2. The number of anilines is 1. The van der Waals surface area contributed by atoms with E-state index in [-0.39, 0.29) is 0 Å². The molecule has 2 aromatic rings. The number of benzene rings is 1. The Balaban J connectivity index is 2.34. The van der Waals surface area contributed by atoms with Crippen LogP contribution in [0.1, 0.15) is 0 Å². The van der Waals surface area contributed by atoms with Crippen LogP contribution in [0.5, 0.6) is 11.5 Å². The van der Waals surface area contributed by atoms with Crippen molar-refractivity contribution < 1.29 is 9.47 Å². The van der Waals surface area contributed by atoms with E-state index in [0.29, 0.717) is 6.61 Å². The van der Waals surface area contributed by atoms with Crippen molar-refractivity contribution in [3.05, 3.63) is 18.2 Å². The Kier molecular flexibility index (Phi) is 2.54. The number of methoxy groups -OCH3 is 1. The minimum Gasteiger partial charge on any atom is -0.497 e. The molecule has 0 N–H and O–H groups in total. The molecule has 0 radical (unpaired) electrons. The van der Waals surface area contributed by atoms with E-state index in [1.165, 1.54) is 0 Å². The lowest BCUT2D eigenvalue weighted by Gasteiger charge is -2.28. The summed E-state index contributed by atoms with van der Waals surface area (Å²) < 4.78 is 11.1. The van der Waals surface area contributed by atoms with Gasteiger partial charge in [0, 0.05) is 18.0 Å². The van der Waals surface area contributed by atoms with Crippen molar-refractivity contribution in [2.24, 2.45) is 0 Å². The summed E-state index contributed by atoms with van der Waals surface area (Å²) in [6.07, 6.45) is 0. The van der Waals surface area contributed by atoms with E-state index in [0.717, 1.165) is 40.2 Å². The van der Waals surface area contributed by atoms with Crippen molar-refractivity contribution in [3.63, 3.8) is 0 Å². The van der Waals surface area contributed by atoms with E-state index < -0.39 is 0 Å². The van der Waals surface area contributed by atoms with Crippen molar-refractivity contribution in [2.45, 2.75) is 0 Å². The van der Waals surface area contributed by atoms with Crippen LogP contribution in [0.4, 0.5) is 5.82 Å². The molecular formula is C13H15BN2O2. The van der Waals surface area contributed by atoms with Gasteiger partial charge in [-0.25, -0.2) is 4.98 Å². The minimum absolute atomic E-state index is 0.695. The molecule has 3 rings (SSSR count). The summed E-state index contributed by atoms with van der Waals surface area (Å²) in [5.74, 6) is 2.62. The smallest absolute Gasteiger partial charge is 0.171 e. The minimum atomic E-state index is 0.695. The maximum absolute atomic E-state index is 5.80. The molecule has 1 aliphatic rings. The average molecular weight is 242 g/mol. The monoisotopic (exact) mass is 242 g/mol. The summed E-state index contributed by atoms with van der Waals surface area (Å²) in [7, 11) is 5.74. The Morgan fingerprint density at radius 1 is 1.39 bits per heavy atom. The van der Waals surface area contributed by atoms with Crippen LogP contribution >= 0.6 is 0 Å². The fraction of sp³-hybridized carbons (Fsp3) is 0.308. The van der Waals surface area contributed by atoms with Crippen LogP contribution < -0.4 is 20.0 Å². The second-order valence-corrected chi connectivity index (χ2v) is 4.53. The molecule has 0 atom stereocenters. The molecule has 0 saturated heterocycles. The molecule has 0 fully saturated rings. The molecular weight excluding hydrogens is 227 g/mol. The van der Waals surface area contributed by atoms with Crippen LogP contribution in [0.15, 0.2) is 18.2 Å². The molecule has 0 aliphatic carbocycles. The van der Waals surface area contributed by atoms with Gasteiger partial charge in [-0.2, -0.15) is 0 Å². The third kappa shape index (κ3) is 1.58. The third-order valence-corrected chi connectivity index (χ3v) is 3.37. The first kappa shape index (κ1) is 11.2. The predicted octanol–water partition coefficient (Wildman–Crippen LogP) is 0.330. The molecule has 2 heterocycles. The molecule has 0 bridgehead atoms. The van der Waals surface area contributed by atoms with Crippen molar-refractivity contribution in [1.82, 2.24) is 4.98 Å². The Morgan fingerprint density at radius 2 is 2.22 bits per heavy atom. The van der Waals surface area contributed by atoms with Crippen LogP contribution in [0.25, 0.3) is 10.8 Å². The quantitative estimate of drug-likeness (QED) is 0.675. The van der Waals surface area contributed by atoms with Gasteiger partial charge in [-0.05, 0) is 23.6 Å². The van der Waals surface area contributed by atoms with E-state index in [1.807, 2.05) is 33.1 Å². The van der Waals surface area contributed by atoms with Gasteiger partial charge in [0.25, 0.3) is 0 Å². The van der Waals surface area contributed by atoms with Crippen molar-refractivity contribution in [3.8, 4) is 11.5 Å². The highest BCUT2D eigenvalue weighted by Gasteiger charge is 2.20. The summed E-state index contributed by atoms with van der Waals surface area (Å²) in [6, 6.07) is 6.01. The molecule has 0 spiro atoms. The largest absolute Gasteiger partial charge is 0.497 e. The van der Waals surface area contributed by atoms with E-state index in [2.05, 4.69) is 9.88 Å². The van der Waals surface area contributed by atoms with Gasteiger partial charge in [0.05, 0.1) is 13.7 Å². The number of nitrogens with zero attached hydrogens (tertiary/aromatic N) is 2. The first-order chi connectivity index (χ1) is 8.70. The van der Waals surface area contributed by atoms with Crippen LogP contribution in [0.3, 0.4) is 0 Å². The van der Waals surface area contributed by atoms with Crippen molar-refractivity contribution in [1.29, 1.82) is 0 Å². The van der Waals surface area contributed by atoms with Crippen LogP contribution in [-0.4, -0.2) is 40.1 Å². The van der Waals surface area contributed by atoms with Gasteiger partial charge in [0.15, 0.2) is 19.4 Å². The maximum Gasteiger partial charge on any atom is 0.171 e. The molecule has 18 heavy (non-hydrogen) atoms. The van der Waals surface area contributed by atoms with Crippen molar-refractivity contribution >= 4 is 30.0 Å². The Bertz CT molecular complexity index is 615. The Labute approximate surface area is 107 Å². The second kappa shape index (κ2) is 4.08. The van der Waals surface area contributed by atoms with Gasteiger partial charge in [-0.1, -0.05) is 0 Å². The molecule has 1 aromatic carbocycles. The molecule has 0 amide bonds. The number of aromatic nitrogens is 1. The van der Waals surface area contributed by atoms with Crippen molar-refractivity contribution in [2.75, 3.05) is 32.2 Å².